The molecule has 4 aromatic heterocycles. The highest BCUT2D eigenvalue weighted by atomic mass is 14.7. The van der Waals surface area contributed by atoms with Gasteiger partial charge in [0.2, 0.25) is 0 Å². The van der Waals surface area contributed by atoms with Gasteiger partial charge in [0.1, 0.15) is 0 Å². The fourth-order valence-electron chi connectivity index (χ4n) is 6.59. The lowest BCUT2D eigenvalue weighted by Crippen LogP contribution is -1.95. The monoisotopic (exact) mass is 586 g/mol. The SMILES string of the molecule is c1ccc(-c2cc(-c3ccc(-c4nc5ccccc5c5c6cccnc6c6ncccc6c45)cc3)cc(-c3ccccc3)n2)cc1. The molecule has 0 amide bonds. The standard InChI is InChI=1S/C42H26N4/c1-3-11-28(12-4-1)36-25-31(26-37(45-36)29-13-5-2-6-14-29)27-19-21-30(22-20-27)40-39-34-17-10-24-44-42(34)41-33(16-9-23-43-41)38(39)32-15-7-8-18-35(32)46-40/h1-26H. The van der Waals surface area contributed by atoms with Crippen molar-refractivity contribution in [3.8, 4) is 44.9 Å². The van der Waals surface area contributed by atoms with Crippen molar-refractivity contribution in [2.75, 3.05) is 0 Å². The van der Waals surface area contributed by atoms with E-state index in [2.05, 4.69) is 121 Å². The van der Waals surface area contributed by atoms with Crippen molar-refractivity contribution in [3.63, 3.8) is 0 Å². The molecule has 9 aromatic rings. The summed E-state index contributed by atoms with van der Waals surface area (Å²) >= 11 is 0. The summed E-state index contributed by atoms with van der Waals surface area (Å²) in [7, 11) is 0. The zero-order valence-electron chi connectivity index (χ0n) is 24.8. The highest BCUT2D eigenvalue weighted by Gasteiger charge is 2.18. The Morgan fingerprint density at radius 3 is 1.50 bits per heavy atom. The van der Waals surface area contributed by atoms with Crippen molar-refractivity contribution >= 4 is 43.5 Å². The number of benzene rings is 5. The zero-order valence-corrected chi connectivity index (χ0v) is 24.8. The van der Waals surface area contributed by atoms with Gasteiger partial charge >= 0.3 is 0 Å². The Labute approximate surface area is 265 Å². The number of fused-ring (bicyclic) bond motifs is 8. The van der Waals surface area contributed by atoms with Gasteiger partial charge in [-0.25, -0.2) is 9.97 Å². The Morgan fingerprint density at radius 1 is 0.348 bits per heavy atom. The van der Waals surface area contributed by atoms with Gasteiger partial charge in [0, 0.05) is 56.0 Å². The fourth-order valence-corrected chi connectivity index (χ4v) is 6.59. The number of rotatable bonds is 4. The average molecular weight is 587 g/mol. The molecule has 4 nitrogen and oxygen atoms in total. The van der Waals surface area contributed by atoms with Gasteiger partial charge < -0.3 is 0 Å². The third-order valence-corrected chi connectivity index (χ3v) is 8.73. The Balaban J connectivity index is 1.26. The van der Waals surface area contributed by atoms with Crippen LogP contribution in [0.15, 0.2) is 158 Å². The Morgan fingerprint density at radius 2 is 0.870 bits per heavy atom. The molecule has 46 heavy (non-hydrogen) atoms. The van der Waals surface area contributed by atoms with Gasteiger partial charge in [-0.2, -0.15) is 0 Å². The van der Waals surface area contributed by atoms with Crippen molar-refractivity contribution in [1.29, 1.82) is 0 Å². The lowest BCUT2D eigenvalue weighted by Gasteiger charge is -2.15. The van der Waals surface area contributed by atoms with Crippen LogP contribution in [0.25, 0.3) is 88.4 Å². The third kappa shape index (κ3) is 4.31. The van der Waals surface area contributed by atoms with E-state index in [9.17, 15) is 0 Å². The van der Waals surface area contributed by atoms with E-state index in [1.165, 1.54) is 0 Å². The molecule has 0 fully saturated rings. The molecule has 0 saturated carbocycles. The summed E-state index contributed by atoms with van der Waals surface area (Å²) in [6.07, 6.45) is 3.68. The average Bonchev–Trinajstić information content (AvgIpc) is 3.15. The largest absolute Gasteiger partial charge is 0.254 e. The number of hydrogen-bond donors (Lipinski definition) is 0. The lowest BCUT2D eigenvalue weighted by atomic mass is 9.92. The third-order valence-electron chi connectivity index (χ3n) is 8.73. The molecule has 4 heterocycles. The molecule has 214 valence electrons. The van der Waals surface area contributed by atoms with Crippen molar-refractivity contribution in [2.45, 2.75) is 0 Å². The molecule has 0 bridgehead atoms. The smallest absolute Gasteiger partial charge is 0.0971 e. The van der Waals surface area contributed by atoms with Crippen molar-refractivity contribution < 1.29 is 0 Å². The fraction of sp³-hybridized carbons (Fsp3) is 0. The quantitative estimate of drug-likeness (QED) is 0.193. The maximum atomic E-state index is 5.28. The molecule has 5 aromatic carbocycles. The molecule has 0 aliphatic carbocycles. The van der Waals surface area contributed by atoms with Gasteiger partial charge in [-0.15, -0.1) is 0 Å². The van der Waals surface area contributed by atoms with E-state index in [0.717, 1.165) is 88.4 Å². The second-order valence-corrected chi connectivity index (χ2v) is 11.5. The van der Waals surface area contributed by atoms with E-state index < -0.39 is 0 Å². The number of aromatic nitrogens is 4. The van der Waals surface area contributed by atoms with E-state index in [1.54, 1.807) is 0 Å². The summed E-state index contributed by atoms with van der Waals surface area (Å²) in [5.41, 5.74) is 11.0. The predicted octanol–water partition coefficient (Wildman–Crippen LogP) is 10.5. The van der Waals surface area contributed by atoms with Crippen LogP contribution < -0.4 is 0 Å². The van der Waals surface area contributed by atoms with E-state index in [0.29, 0.717) is 0 Å². The second kappa shape index (κ2) is 10.7. The molecular weight excluding hydrogens is 560 g/mol. The molecule has 0 atom stereocenters. The molecular formula is C42H26N4. The van der Waals surface area contributed by atoms with Gasteiger partial charge in [-0.3, -0.25) is 9.97 Å². The predicted molar refractivity (Wildman–Crippen MR) is 189 cm³/mol. The molecule has 0 spiro atoms. The number of para-hydroxylation sites is 1. The minimum Gasteiger partial charge on any atom is -0.254 e. The van der Waals surface area contributed by atoms with Crippen LogP contribution in [-0.4, -0.2) is 19.9 Å². The van der Waals surface area contributed by atoms with Crippen LogP contribution in [0.4, 0.5) is 0 Å². The first kappa shape index (κ1) is 26.2. The van der Waals surface area contributed by atoms with E-state index >= 15 is 0 Å². The van der Waals surface area contributed by atoms with Gasteiger partial charge in [0.05, 0.1) is 33.6 Å². The van der Waals surface area contributed by atoms with Crippen molar-refractivity contribution in [2.24, 2.45) is 0 Å². The number of nitrogens with zero attached hydrogens (tertiary/aromatic N) is 4. The van der Waals surface area contributed by atoms with Crippen LogP contribution in [0.1, 0.15) is 0 Å². The Kier molecular flexibility index (Phi) is 6.10. The topological polar surface area (TPSA) is 51.6 Å². The minimum atomic E-state index is 0.888. The molecule has 0 aliphatic rings. The summed E-state index contributed by atoms with van der Waals surface area (Å²) in [6.45, 7) is 0. The highest BCUT2D eigenvalue weighted by molar-refractivity contribution is 6.32. The molecule has 0 saturated heterocycles. The molecule has 0 aliphatic heterocycles. The second-order valence-electron chi connectivity index (χ2n) is 11.5. The molecule has 9 rings (SSSR count). The first-order valence-corrected chi connectivity index (χ1v) is 15.4. The van der Waals surface area contributed by atoms with Crippen molar-refractivity contribution in [3.05, 3.63) is 158 Å². The Bertz CT molecular complexity index is 2500. The first-order valence-electron chi connectivity index (χ1n) is 15.4. The zero-order chi connectivity index (χ0) is 30.5. The van der Waals surface area contributed by atoms with Crippen LogP contribution in [0, 0.1) is 0 Å². The van der Waals surface area contributed by atoms with Crippen LogP contribution in [0.5, 0.6) is 0 Å². The maximum Gasteiger partial charge on any atom is 0.0971 e. The lowest BCUT2D eigenvalue weighted by molar-refractivity contribution is 1.32. The molecule has 0 unspecified atom stereocenters. The van der Waals surface area contributed by atoms with Crippen LogP contribution in [-0.2, 0) is 0 Å². The van der Waals surface area contributed by atoms with E-state index in [1.807, 2.05) is 36.7 Å². The van der Waals surface area contributed by atoms with Crippen molar-refractivity contribution in [1.82, 2.24) is 19.9 Å². The normalized spacial score (nSPS) is 11.5. The van der Waals surface area contributed by atoms with Gasteiger partial charge in [-0.1, -0.05) is 115 Å². The number of hydrogen-bond acceptors (Lipinski definition) is 4. The maximum absolute atomic E-state index is 5.28. The minimum absolute atomic E-state index is 0.888. The Hall–Kier alpha value is -6.26. The number of pyridine rings is 4. The van der Waals surface area contributed by atoms with Crippen LogP contribution in [0.2, 0.25) is 0 Å². The van der Waals surface area contributed by atoms with E-state index in [-0.39, 0.29) is 0 Å². The van der Waals surface area contributed by atoms with Gasteiger partial charge in [-0.05, 0) is 41.5 Å². The summed E-state index contributed by atoms with van der Waals surface area (Å²) in [5, 5.41) is 5.49. The molecule has 0 N–H and O–H groups in total. The summed E-state index contributed by atoms with van der Waals surface area (Å²) in [4.78, 5) is 19.9. The summed E-state index contributed by atoms with van der Waals surface area (Å²) in [6, 6.07) is 50.5. The van der Waals surface area contributed by atoms with Gasteiger partial charge in [0.15, 0.2) is 0 Å². The first-order chi connectivity index (χ1) is 22.8. The van der Waals surface area contributed by atoms with Gasteiger partial charge in [0.25, 0.3) is 0 Å². The van der Waals surface area contributed by atoms with Crippen LogP contribution >= 0.6 is 0 Å². The summed E-state index contributed by atoms with van der Waals surface area (Å²) in [5.74, 6) is 0. The molecule has 4 heteroatoms. The highest BCUT2D eigenvalue weighted by Crippen LogP contribution is 2.42. The summed E-state index contributed by atoms with van der Waals surface area (Å²) < 4.78 is 0. The van der Waals surface area contributed by atoms with Crippen LogP contribution in [0.3, 0.4) is 0 Å². The van der Waals surface area contributed by atoms with E-state index in [4.69, 9.17) is 19.9 Å². The molecule has 0 radical (unpaired) electrons.